The Bertz CT molecular complexity index is 189. The second kappa shape index (κ2) is 2.47. The molecular formula is C11H19N. The molecular weight excluding hydrogens is 146 g/mol. The highest BCUT2D eigenvalue weighted by atomic mass is 15.2. The van der Waals surface area contributed by atoms with Crippen molar-refractivity contribution in [3.8, 4) is 0 Å². The maximum absolute atomic E-state index is 2.69. The first-order valence-corrected chi connectivity index (χ1v) is 5.58. The predicted octanol–water partition coefficient (Wildman–Crippen LogP) is 2.27. The van der Waals surface area contributed by atoms with Crippen LogP contribution in [0.15, 0.2) is 0 Å². The molecule has 1 aliphatic carbocycles. The van der Waals surface area contributed by atoms with E-state index < -0.39 is 0 Å². The zero-order valence-electron chi connectivity index (χ0n) is 8.00. The topological polar surface area (TPSA) is 3.24 Å². The van der Waals surface area contributed by atoms with Gasteiger partial charge in [0, 0.05) is 12.1 Å². The minimum Gasteiger partial charge on any atom is -0.300 e. The molecule has 0 aromatic carbocycles. The number of hydrogen-bond donors (Lipinski definition) is 0. The second-order valence-corrected chi connectivity index (χ2v) is 5.05. The largest absolute Gasteiger partial charge is 0.300 e. The van der Waals surface area contributed by atoms with E-state index in [0.717, 1.165) is 23.9 Å². The van der Waals surface area contributed by atoms with Gasteiger partial charge in [-0.15, -0.1) is 0 Å². The van der Waals surface area contributed by atoms with Gasteiger partial charge < -0.3 is 4.90 Å². The van der Waals surface area contributed by atoms with Crippen LogP contribution in [-0.4, -0.2) is 24.0 Å². The maximum Gasteiger partial charge on any atom is 0.0127 e. The van der Waals surface area contributed by atoms with E-state index in [0.29, 0.717) is 0 Å². The molecule has 3 aliphatic rings. The van der Waals surface area contributed by atoms with Crippen molar-refractivity contribution >= 4 is 0 Å². The second-order valence-electron chi connectivity index (χ2n) is 5.05. The molecule has 4 atom stereocenters. The normalized spacial score (nSPS) is 52.8. The fourth-order valence-corrected chi connectivity index (χ4v) is 4.06. The van der Waals surface area contributed by atoms with Crippen molar-refractivity contribution in [2.75, 3.05) is 7.05 Å². The fraction of sp³-hybridized carbons (Fsp3) is 1.00. The highest BCUT2D eigenvalue weighted by Crippen LogP contribution is 2.48. The Kier molecular flexibility index (Phi) is 1.52. The van der Waals surface area contributed by atoms with Gasteiger partial charge in [0.25, 0.3) is 0 Å². The van der Waals surface area contributed by atoms with Crippen molar-refractivity contribution in [2.45, 2.75) is 50.6 Å². The first-order valence-electron chi connectivity index (χ1n) is 5.58. The summed E-state index contributed by atoms with van der Waals surface area (Å²) in [5.74, 6) is 2.22. The molecule has 0 radical (unpaired) electrons. The molecule has 0 aromatic heterocycles. The van der Waals surface area contributed by atoms with E-state index >= 15 is 0 Å². The van der Waals surface area contributed by atoms with Crippen LogP contribution in [0.25, 0.3) is 0 Å². The number of hydrogen-bond acceptors (Lipinski definition) is 1. The van der Waals surface area contributed by atoms with Crippen molar-refractivity contribution < 1.29 is 0 Å². The van der Waals surface area contributed by atoms with Gasteiger partial charge in [-0.3, -0.25) is 0 Å². The summed E-state index contributed by atoms with van der Waals surface area (Å²) in [6.07, 6.45) is 9.12. The third kappa shape index (κ3) is 0.834. The van der Waals surface area contributed by atoms with Crippen LogP contribution >= 0.6 is 0 Å². The van der Waals surface area contributed by atoms with E-state index in [1.165, 1.54) is 32.1 Å². The zero-order valence-corrected chi connectivity index (χ0v) is 8.00. The minimum absolute atomic E-state index is 0.967. The molecule has 2 saturated heterocycles. The summed E-state index contributed by atoms with van der Waals surface area (Å²) in [6, 6.07) is 1.95. The van der Waals surface area contributed by atoms with E-state index in [4.69, 9.17) is 0 Å². The molecule has 0 aromatic rings. The summed E-state index contributed by atoms with van der Waals surface area (Å²) < 4.78 is 0. The van der Waals surface area contributed by atoms with E-state index in [9.17, 15) is 0 Å². The van der Waals surface area contributed by atoms with Gasteiger partial charge in [-0.1, -0.05) is 12.8 Å². The first-order chi connectivity index (χ1) is 5.86. The maximum atomic E-state index is 2.69. The Morgan fingerprint density at radius 2 is 2.00 bits per heavy atom. The van der Waals surface area contributed by atoms with Crippen LogP contribution in [0.5, 0.6) is 0 Å². The lowest BCUT2D eigenvalue weighted by atomic mass is 9.83. The van der Waals surface area contributed by atoms with Crippen LogP contribution in [-0.2, 0) is 0 Å². The fourth-order valence-electron chi connectivity index (χ4n) is 4.06. The third-order valence-electron chi connectivity index (χ3n) is 4.68. The SMILES string of the molecule is CN1C2CCC1C1CCCC1C2. The van der Waals surface area contributed by atoms with Crippen LogP contribution < -0.4 is 0 Å². The van der Waals surface area contributed by atoms with Crippen molar-refractivity contribution in [3.05, 3.63) is 0 Å². The van der Waals surface area contributed by atoms with E-state index in [-0.39, 0.29) is 0 Å². The standard InChI is InChI=1S/C11H19N/c1-12-9-5-6-11(12)10-4-2-3-8(10)7-9/h8-11H,2-7H2,1H3. The number of piperidine rings is 1. The molecule has 68 valence electrons. The lowest BCUT2D eigenvalue weighted by molar-refractivity contribution is 0.0862. The highest BCUT2D eigenvalue weighted by molar-refractivity contribution is 5.00. The number of rotatable bonds is 0. The van der Waals surface area contributed by atoms with Crippen LogP contribution in [0, 0.1) is 11.8 Å². The molecule has 3 fully saturated rings. The van der Waals surface area contributed by atoms with Gasteiger partial charge in [0.05, 0.1) is 0 Å². The summed E-state index contributed by atoms with van der Waals surface area (Å²) in [6.45, 7) is 0. The van der Waals surface area contributed by atoms with E-state index in [1.54, 1.807) is 6.42 Å². The zero-order chi connectivity index (χ0) is 8.13. The van der Waals surface area contributed by atoms with Gasteiger partial charge in [0.15, 0.2) is 0 Å². The third-order valence-corrected chi connectivity index (χ3v) is 4.68. The molecule has 1 heteroatoms. The van der Waals surface area contributed by atoms with Crippen molar-refractivity contribution in [1.29, 1.82) is 0 Å². The molecule has 0 amide bonds. The van der Waals surface area contributed by atoms with Crippen LogP contribution in [0.1, 0.15) is 38.5 Å². The van der Waals surface area contributed by atoms with Crippen LogP contribution in [0.2, 0.25) is 0 Å². The molecule has 2 bridgehead atoms. The van der Waals surface area contributed by atoms with Gasteiger partial charge in [0.1, 0.15) is 0 Å². The van der Waals surface area contributed by atoms with Gasteiger partial charge in [-0.25, -0.2) is 0 Å². The Morgan fingerprint density at radius 1 is 1.08 bits per heavy atom. The molecule has 12 heavy (non-hydrogen) atoms. The van der Waals surface area contributed by atoms with Gasteiger partial charge >= 0.3 is 0 Å². The Balaban J connectivity index is 1.88. The Morgan fingerprint density at radius 3 is 2.92 bits per heavy atom. The van der Waals surface area contributed by atoms with Crippen molar-refractivity contribution in [1.82, 2.24) is 4.90 Å². The lowest BCUT2D eigenvalue weighted by Crippen LogP contribution is -2.44. The molecule has 0 N–H and O–H groups in total. The summed E-state index contributed by atoms with van der Waals surface area (Å²) >= 11 is 0. The lowest BCUT2D eigenvalue weighted by Gasteiger charge is -2.39. The Hall–Kier alpha value is -0.0400. The average Bonchev–Trinajstić information content (AvgIpc) is 2.59. The summed E-state index contributed by atoms with van der Waals surface area (Å²) in [5, 5.41) is 0. The van der Waals surface area contributed by atoms with E-state index in [2.05, 4.69) is 11.9 Å². The first kappa shape index (κ1) is 7.37. The molecule has 2 heterocycles. The quantitative estimate of drug-likeness (QED) is 0.532. The number of fused-ring (bicyclic) bond motifs is 4. The average molecular weight is 165 g/mol. The molecule has 4 unspecified atom stereocenters. The van der Waals surface area contributed by atoms with Crippen molar-refractivity contribution in [2.24, 2.45) is 11.8 Å². The molecule has 3 rings (SSSR count). The van der Waals surface area contributed by atoms with Gasteiger partial charge in [-0.2, -0.15) is 0 Å². The van der Waals surface area contributed by atoms with Gasteiger partial charge in [0.2, 0.25) is 0 Å². The Labute approximate surface area is 75.1 Å². The van der Waals surface area contributed by atoms with Crippen LogP contribution in [0.4, 0.5) is 0 Å². The van der Waals surface area contributed by atoms with Crippen LogP contribution in [0.3, 0.4) is 0 Å². The molecule has 2 aliphatic heterocycles. The molecule has 1 saturated carbocycles. The van der Waals surface area contributed by atoms with Gasteiger partial charge in [-0.05, 0) is 44.6 Å². The highest BCUT2D eigenvalue weighted by Gasteiger charge is 2.46. The van der Waals surface area contributed by atoms with E-state index in [1.807, 2.05) is 0 Å². The number of nitrogens with zero attached hydrogens (tertiary/aromatic N) is 1. The molecule has 0 spiro atoms. The molecule has 1 nitrogen and oxygen atoms in total. The predicted molar refractivity (Wildman–Crippen MR) is 50.0 cm³/mol. The smallest absolute Gasteiger partial charge is 0.0127 e. The monoisotopic (exact) mass is 165 g/mol. The minimum atomic E-state index is 0.967. The van der Waals surface area contributed by atoms with Crippen molar-refractivity contribution in [3.63, 3.8) is 0 Å². The summed E-state index contributed by atoms with van der Waals surface area (Å²) in [7, 11) is 2.36. The summed E-state index contributed by atoms with van der Waals surface area (Å²) in [5.41, 5.74) is 0. The summed E-state index contributed by atoms with van der Waals surface area (Å²) in [4.78, 5) is 2.69.